The molecule has 3 N–H and O–H groups in total. The van der Waals surface area contributed by atoms with E-state index in [1.165, 1.54) is 12.1 Å². The van der Waals surface area contributed by atoms with Crippen LogP contribution in [0.15, 0.2) is 59.5 Å². The molecule has 7 nitrogen and oxygen atoms in total. The van der Waals surface area contributed by atoms with Crippen LogP contribution in [-0.4, -0.2) is 14.8 Å². The van der Waals surface area contributed by atoms with Gasteiger partial charge in [-0.3, -0.25) is 13.3 Å². The molecule has 0 radical (unpaired) electrons. The van der Waals surface area contributed by atoms with E-state index in [1.54, 1.807) is 36.4 Å². The summed E-state index contributed by atoms with van der Waals surface area (Å²) in [7, 11) is -7.87. The predicted octanol–water partition coefficient (Wildman–Crippen LogP) is 2.24. The minimum atomic E-state index is -4.06. The van der Waals surface area contributed by atoms with E-state index in [1.807, 2.05) is 13.0 Å². The summed E-state index contributed by atoms with van der Waals surface area (Å²) in [5.41, 5.74) is 1.67. The molecule has 2 aromatic rings. The SMILES string of the molecule is Cc1ccc(S(=O)(=O)OCP(=O)(O[NH3+])OCc2ccccc2)cc1. The second-order valence-electron chi connectivity index (χ2n) is 5.01. The van der Waals surface area contributed by atoms with E-state index in [4.69, 9.17) is 8.71 Å². The molecule has 0 fully saturated rings. The van der Waals surface area contributed by atoms with Crippen LogP contribution < -0.4 is 5.90 Å². The average molecular weight is 372 g/mol. The van der Waals surface area contributed by atoms with Gasteiger partial charge in [-0.1, -0.05) is 48.0 Å². The van der Waals surface area contributed by atoms with Gasteiger partial charge in [0, 0.05) is 0 Å². The Balaban J connectivity index is 2.01. The Morgan fingerprint density at radius 3 is 2.25 bits per heavy atom. The van der Waals surface area contributed by atoms with E-state index in [2.05, 4.69) is 10.5 Å². The van der Waals surface area contributed by atoms with Gasteiger partial charge >= 0.3 is 7.60 Å². The van der Waals surface area contributed by atoms with Crippen molar-refractivity contribution >= 4 is 17.7 Å². The van der Waals surface area contributed by atoms with Crippen LogP contribution in [0, 0.1) is 6.92 Å². The maximum atomic E-state index is 12.4. The maximum Gasteiger partial charge on any atom is 0.408 e. The zero-order valence-corrected chi connectivity index (χ0v) is 14.8. The summed E-state index contributed by atoms with van der Waals surface area (Å²) >= 11 is 0. The van der Waals surface area contributed by atoms with Gasteiger partial charge in [0.2, 0.25) is 0 Å². The summed E-state index contributed by atoms with van der Waals surface area (Å²) in [4.78, 5) is -0.0354. The summed E-state index contributed by atoms with van der Waals surface area (Å²) < 4.78 is 51.2. The van der Waals surface area contributed by atoms with Crippen molar-refractivity contribution in [2.24, 2.45) is 0 Å². The van der Waals surface area contributed by atoms with Gasteiger partial charge < -0.3 is 0 Å². The van der Waals surface area contributed by atoms with Crippen molar-refractivity contribution in [2.45, 2.75) is 18.4 Å². The highest BCUT2D eigenvalue weighted by Crippen LogP contribution is 2.47. The summed E-state index contributed by atoms with van der Waals surface area (Å²) in [6, 6.07) is 15.1. The Kier molecular flexibility index (Phi) is 6.28. The normalized spacial score (nSPS) is 14.2. The fourth-order valence-corrected chi connectivity index (χ4v) is 4.01. The molecule has 130 valence electrons. The largest absolute Gasteiger partial charge is 0.408 e. The topological polar surface area (TPSA) is 107 Å². The van der Waals surface area contributed by atoms with E-state index in [0.717, 1.165) is 11.1 Å². The molecule has 0 aliphatic rings. The molecule has 0 aromatic heterocycles. The molecule has 2 aromatic carbocycles. The van der Waals surface area contributed by atoms with Crippen molar-refractivity contribution in [3.63, 3.8) is 0 Å². The van der Waals surface area contributed by atoms with Crippen LogP contribution in [0.5, 0.6) is 0 Å². The van der Waals surface area contributed by atoms with E-state index in [-0.39, 0.29) is 11.5 Å². The average Bonchev–Trinajstić information content (AvgIpc) is 2.60. The van der Waals surface area contributed by atoms with Crippen molar-refractivity contribution in [1.29, 1.82) is 0 Å². The van der Waals surface area contributed by atoms with E-state index >= 15 is 0 Å². The lowest BCUT2D eigenvalue weighted by atomic mass is 10.2. The minimum absolute atomic E-state index is 0.0123. The molecule has 24 heavy (non-hydrogen) atoms. The first-order valence-corrected chi connectivity index (χ1v) is 10.2. The van der Waals surface area contributed by atoms with Crippen LogP contribution in [0.3, 0.4) is 0 Å². The Bertz CT molecular complexity index is 808. The van der Waals surface area contributed by atoms with Crippen molar-refractivity contribution in [1.82, 2.24) is 0 Å². The van der Waals surface area contributed by atoms with Gasteiger partial charge in [-0.25, -0.2) is 5.90 Å². The predicted molar refractivity (Wildman–Crippen MR) is 87.1 cm³/mol. The van der Waals surface area contributed by atoms with Gasteiger partial charge in [0.1, 0.15) is 0 Å². The molecule has 0 heterocycles. The van der Waals surface area contributed by atoms with Crippen LogP contribution in [0.1, 0.15) is 11.1 Å². The van der Waals surface area contributed by atoms with E-state index < -0.39 is 24.1 Å². The first-order valence-electron chi connectivity index (χ1n) is 7.02. The molecular formula is C15H19NO6PS+. The number of hydrogen-bond acceptors (Lipinski definition) is 6. The van der Waals surface area contributed by atoms with Crippen molar-refractivity contribution in [2.75, 3.05) is 6.35 Å². The van der Waals surface area contributed by atoms with Crippen LogP contribution in [0.4, 0.5) is 0 Å². The monoisotopic (exact) mass is 372 g/mol. The third-order valence-corrected chi connectivity index (χ3v) is 5.96. The van der Waals surface area contributed by atoms with E-state index in [0.29, 0.717) is 0 Å². The quantitative estimate of drug-likeness (QED) is 0.433. The highest BCUT2D eigenvalue weighted by molar-refractivity contribution is 7.87. The number of quaternary nitrogens is 1. The molecule has 0 saturated carbocycles. The van der Waals surface area contributed by atoms with Gasteiger partial charge in [-0.05, 0) is 24.6 Å². The molecule has 0 spiro atoms. The fourth-order valence-electron chi connectivity index (χ4n) is 1.77. The molecule has 0 aliphatic heterocycles. The second kappa shape index (κ2) is 8.02. The molecular weight excluding hydrogens is 353 g/mol. The molecule has 1 atom stereocenters. The zero-order valence-electron chi connectivity index (χ0n) is 13.1. The van der Waals surface area contributed by atoms with Gasteiger partial charge in [-0.15, -0.1) is 4.62 Å². The Hall–Kier alpha value is -1.54. The highest BCUT2D eigenvalue weighted by atomic mass is 32.2. The lowest BCUT2D eigenvalue weighted by Crippen LogP contribution is -2.47. The summed E-state index contributed by atoms with van der Waals surface area (Å²) in [5.74, 6) is 3.09. The van der Waals surface area contributed by atoms with Crippen LogP contribution in [0.2, 0.25) is 0 Å². The summed E-state index contributed by atoms with van der Waals surface area (Å²) in [6.45, 7) is 1.82. The standard InChI is InChI=1S/C15H19NO6PS/c1-13-7-9-15(10-8-13)24(18,19)21-12-23(17,22-16)20-11-14-5-3-2-4-6-14/h2-10H,11-12H2,1,16H3/q+1. The zero-order chi connectivity index (χ0) is 17.6. The Morgan fingerprint density at radius 2 is 1.67 bits per heavy atom. The lowest BCUT2D eigenvalue weighted by Gasteiger charge is -2.14. The van der Waals surface area contributed by atoms with Gasteiger partial charge in [-0.2, -0.15) is 8.42 Å². The van der Waals surface area contributed by atoms with Crippen LogP contribution >= 0.6 is 7.60 Å². The molecule has 1 unspecified atom stereocenters. The van der Waals surface area contributed by atoms with Gasteiger partial charge in [0.05, 0.1) is 11.5 Å². The minimum Gasteiger partial charge on any atom is -0.299 e. The lowest BCUT2D eigenvalue weighted by molar-refractivity contribution is -0.640. The Labute approximate surface area is 141 Å². The fraction of sp³-hybridized carbons (Fsp3) is 0.200. The number of benzene rings is 2. The van der Waals surface area contributed by atoms with Crippen molar-refractivity contribution < 1.29 is 32.2 Å². The summed E-state index contributed by atoms with van der Waals surface area (Å²) in [6.07, 6.45) is -0.750. The molecule has 9 heteroatoms. The van der Waals surface area contributed by atoms with Gasteiger partial charge in [0.15, 0.2) is 6.35 Å². The third-order valence-electron chi connectivity index (χ3n) is 3.14. The molecule has 0 bridgehead atoms. The first-order chi connectivity index (χ1) is 11.3. The molecule has 2 rings (SSSR count). The third kappa shape index (κ3) is 5.24. The number of hydrogen-bond donors (Lipinski definition) is 1. The van der Waals surface area contributed by atoms with Gasteiger partial charge in [0.25, 0.3) is 10.1 Å². The maximum absolute atomic E-state index is 12.4. The Morgan fingerprint density at radius 1 is 1.04 bits per heavy atom. The van der Waals surface area contributed by atoms with Crippen molar-refractivity contribution in [3.05, 3.63) is 65.7 Å². The smallest absolute Gasteiger partial charge is 0.299 e. The highest BCUT2D eigenvalue weighted by Gasteiger charge is 2.31. The molecule has 0 aliphatic carbocycles. The van der Waals surface area contributed by atoms with Crippen molar-refractivity contribution in [3.8, 4) is 0 Å². The number of aryl methyl sites for hydroxylation is 1. The number of rotatable bonds is 8. The first kappa shape index (κ1) is 18.8. The van der Waals surface area contributed by atoms with Crippen LogP contribution in [0.25, 0.3) is 0 Å². The summed E-state index contributed by atoms with van der Waals surface area (Å²) in [5, 5.41) is 0. The van der Waals surface area contributed by atoms with E-state index in [9.17, 15) is 13.0 Å². The van der Waals surface area contributed by atoms with Crippen LogP contribution in [-0.2, 0) is 34.6 Å². The second-order valence-corrected chi connectivity index (χ2v) is 8.62. The molecule has 0 amide bonds. The molecule has 0 saturated heterocycles.